The highest BCUT2D eigenvalue weighted by Crippen LogP contribution is 2.38. The molecule has 0 bridgehead atoms. The van der Waals surface area contributed by atoms with E-state index in [1.165, 1.54) is 0 Å². The van der Waals surface area contributed by atoms with Crippen LogP contribution in [0, 0.1) is 5.82 Å². The van der Waals surface area contributed by atoms with Gasteiger partial charge in [-0.1, -0.05) is 0 Å². The van der Waals surface area contributed by atoms with E-state index in [9.17, 15) is 30.8 Å². The van der Waals surface area contributed by atoms with Crippen LogP contribution in [0.1, 0.15) is 24.0 Å². The lowest BCUT2D eigenvalue weighted by molar-refractivity contribution is -0.136. The van der Waals surface area contributed by atoms with Gasteiger partial charge in [0.25, 0.3) is 0 Å². The number of alkyl halides is 3. The van der Waals surface area contributed by atoms with E-state index < -0.39 is 33.2 Å². The summed E-state index contributed by atoms with van der Waals surface area (Å²) < 4.78 is 83.3. The minimum Gasteiger partial charge on any atom is -0.466 e. The van der Waals surface area contributed by atoms with Crippen molar-refractivity contribution in [3.8, 4) is 0 Å². The highest BCUT2D eigenvalue weighted by molar-refractivity contribution is 9.10. The summed E-state index contributed by atoms with van der Waals surface area (Å²) in [6.45, 7) is 0. The van der Waals surface area contributed by atoms with Gasteiger partial charge in [-0.3, -0.25) is 0 Å². The molecule has 1 aromatic carbocycles. The zero-order valence-corrected chi connectivity index (χ0v) is 15.0. The number of carbonyl (C=O) groups is 1. The SMILES string of the molecule is COC(=O)C1=C(OS(=O)(=O)C(F)(F)F)c2cc(Br)c(F)cc2CCC1. The molecule has 5 nitrogen and oxygen atoms in total. The molecule has 0 atom stereocenters. The number of benzene rings is 1. The molecule has 1 aliphatic rings. The molecule has 0 saturated carbocycles. The maximum atomic E-state index is 13.7. The summed E-state index contributed by atoms with van der Waals surface area (Å²) in [5.74, 6) is -2.52. The van der Waals surface area contributed by atoms with E-state index in [0.717, 1.165) is 19.2 Å². The highest BCUT2D eigenvalue weighted by Gasteiger charge is 2.49. The molecule has 0 unspecified atom stereocenters. The Kier molecular flexibility index (Phi) is 5.47. The molecule has 0 aliphatic heterocycles. The molecule has 0 saturated heterocycles. The van der Waals surface area contributed by atoms with Crippen molar-refractivity contribution in [2.24, 2.45) is 0 Å². The third-order valence-corrected chi connectivity index (χ3v) is 5.01. The van der Waals surface area contributed by atoms with Crippen LogP contribution in [0.4, 0.5) is 17.6 Å². The van der Waals surface area contributed by atoms with Gasteiger partial charge in [0, 0.05) is 5.56 Å². The largest absolute Gasteiger partial charge is 0.534 e. The zero-order valence-electron chi connectivity index (χ0n) is 12.6. The van der Waals surface area contributed by atoms with Crippen LogP contribution in [0.5, 0.6) is 0 Å². The Balaban J connectivity index is 2.73. The maximum Gasteiger partial charge on any atom is 0.534 e. The Morgan fingerprint density at radius 1 is 1.24 bits per heavy atom. The van der Waals surface area contributed by atoms with Crippen LogP contribution in [-0.2, 0) is 30.3 Å². The van der Waals surface area contributed by atoms with Gasteiger partial charge >= 0.3 is 21.6 Å². The van der Waals surface area contributed by atoms with Crippen LogP contribution >= 0.6 is 15.9 Å². The van der Waals surface area contributed by atoms with E-state index in [-0.39, 0.29) is 40.4 Å². The molecule has 0 fully saturated rings. The molecule has 1 aromatic rings. The lowest BCUT2D eigenvalue weighted by Gasteiger charge is -2.16. The van der Waals surface area contributed by atoms with Gasteiger partial charge in [-0.15, -0.1) is 0 Å². The molecule has 2 rings (SSSR count). The van der Waals surface area contributed by atoms with Crippen molar-refractivity contribution in [2.45, 2.75) is 24.8 Å². The van der Waals surface area contributed by atoms with Crippen LogP contribution < -0.4 is 0 Å². The van der Waals surface area contributed by atoms with E-state index in [1.807, 2.05) is 0 Å². The number of halogens is 5. The van der Waals surface area contributed by atoms with Gasteiger partial charge in [0.2, 0.25) is 0 Å². The molecule has 0 spiro atoms. The van der Waals surface area contributed by atoms with E-state index in [2.05, 4.69) is 24.8 Å². The molecule has 11 heteroatoms. The van der Waals surface area contributed by atoms with Crippen molar-refractivity contribution in [1.82, 2.24) is 0 Å². The number of ether oxygens (including phenoxy) is 1. The molecular formula is C14H11BrF4O5S. The summed E-state index contributed by atoms with van der Waals surface area (Å²) in [6.07, 6.45) is 0.375. The Bertz CT molecular complexity index is 846. The number of rotatable bonds is 3. The zero-order chi connectivity index (χ0) is 19.0. The summed E-state index contributed by atoms with van der Waals surface area (Å²) in [4.78, 5) is 11.9. The third-order valence-electron chi connectivity index (χ3n) is 3.45. The Morgan fingerprint density at radius 2 is 1.88 bits per heavy atom. The van der Waals surface area contributed by atoms with Crippen molar-refractivity contribution < 1.29 is 39.7 Å². The fourth-order valence-electron chi connectivity index (χ4n) is 2.31. The average Bonchev–Trinajstić information content (AvgIpc) is 2.66. The van der Waals surface area contributed by atoms with Crippen LogP contribution in [-0.4, -0.2) is 27.0 Å². The Labute approximate surface area is 148 Å². The standard InChI is InChI=1S/C14H11BrF4O5S/c1-23-13(20)8-4-2-3-7-5-11(16)10(15)6-9(7)12(8)24-25(21,22)14(17,18)19/h5-6H,2-4H2,1H3. The topological polar surface area (TPSA) is 69.7 Å². The maximum absolute atomic E-state index is 13.7. The second-order valence-corrected chi connectivity index (χ2v) is 7.45. The Hall–Kier alpha value is -1.62. The van der Waals surface area contributed by atoms with Crippen molar-refractivity contribution in [2.75, 3.05) is 7.11 Å². The number of hydrogen-bond donors (Lipinski definition) is 0. The van der Waals surface area contributed by atoms with E-state index in [4.69, 9.17) is 0 Å². The number of fused-ring (bicyclic) bond motifs is 1. The smallest absolute Gasteiger partial charge is 0.466 e. The first-order valence-electron chi connectivity index (χ1n) is 6.78. The quantitative estimate of drug-likeness (QED) is 0.306. The molecule has 0 N–H and O–H groups in total. The number of esters is 1. The lowest BCUT2D eigenvalue weighted by atomic mass is 10.0. The normalized spacial score (nSPS) is 15.4. The van der Waals surface area contributed by atoms with E-state index in [1.54, 1.807) is 0 Å². The minimum absolute atomic E-state index is 0.0939. The molecule has 0 radical (unpaired) electrons. The van der Waals surface area contributed by atoms with E-state index in [0.29, 0.717) is 0 Å². The second kappa shape index (κ2) is 6.94. The second-order valence-electron chi connectivity index (χ2n) is 5.06. The molecule has 0 aromatic heterocycles. The van der Waals surface area contributed by atoms with Gasteiger partial charge in [-0.05, 0) is 52.9 Å². The van der Waals surface area contributed by atoms with Crippen LogP contribution in [0.3, 0.4) is 0 Å². The summed E-state index contributed by atoms with van der Waals surface area (Å²) in [7, 11) is -5.03. The van der Waals surface area contributed by atoms with Crippen molar-refractivity contribution in [3.63, 3.8) is 0 Å². The Morgan fingerprint density at radius 3 is 2.44 bits per heavy atom. The van der Waals surface area contributed by atoms with Crippen molar-refractivity contribution >= 4 is 37.8 Å². The first-order valence-corrected chi connectivity index (χ1v) is 8.98. The highest BCUT2D eigenvalue weighted by atomic mass is 79.9. The first-order chi connectivity index (χ1) is 11.5. The van der Waals surface area contributed by atoms with Gasteiger partial charge in [-0.25, -0.2) is 9.18 Å². The van der Waals surface area contributed by atoms with Crippen LogP contribution in [0.25, 0.3) is 5.76 Å². The van der Waals surface area contributed by atoms with Gasteiger partial charge in [0.05, 0.1) is 17.2 Å². The molecular weight excluding hydrogens is 436 g/mol. The summed E-state index contributed by atoms with van der Waals surface area (Å²) in [5.41, 5.74) is -5.97. The van der Waals surface area contributed by atoms with Crippen LogP contribution in [0.2, 0.25) is 0 Å². The van der Waals surface area contributed by atoms with E-state index >= 15 is 0 Å². The van der Waals surface area contributed by atoms with Gasteiger partial charge in [0.15, 0.2) is 5.76 Å². The fourth-order valence-corrected chi connectivity index (χ4v) is 3.16. The van der Waals surface area contributed by atoms with Crippen molar-refractivity contribution in [3.05, 3.63) is 39.1 Å². The number of methoxy groups -OCH3 is 1. The number of carbonyl (C=O) groups excluding carboxylic acids is 1. The molecule has 1 aliphatic carbocycles. The minimum atomic E-state index is -6.03. The fraction of sp³-hybridized carbons (Fsp3) is 0.357. The predicted molar refractivity (Wildman–Crippen MR) is 82.0 cm³/mol. The van der Waals surface area contributed by atoms with Crippen LogP contribution in [0.15, 0.2) is 22.2 Å². The van der Waals surface area contributed by atoms with Crippen molar-refractivity contribution in [1.29, 1.82) is 0 Å². The lowest BCUT2D eigenvalue weighted by Crippen LogP contribution is -2.26. The molecule has 25 heavy (non-hydrogen) atoms. The number of hydrogen-bond acceptors (Lipinski definition) is 5. The summed E-state index contributed by atoms with van der Waals surface area (Å²) in [5, 5.41) is 0. The van der Waals surface area contributed by atoms with Gasteiger partial charge in [-0.2, -0.15) is 21.6 Å². The number of aryl methyl sites for hydroxylation is 1. The average molecular weight is 447 g/mol. The van der Waals surface area contributed by atoms with Gasteiger partial charge < -0.3 is 8.92 Å². The third kappa shape index (κ3) is 3.97. The summed E-state index contributed by atoms with van der Waals surface area (Å²) in [6, 6.07) is 2.11. The molecule has 0 heterocycles. The predicted octanol–water partition coefficient (Wildman–Crippen LogP) is 3.67. The monoisotopic (exact) mass is 446 g/mol. The molecule has 138 valence electrons. The first kappa shape index (κ1) is 19.7. The van der Waals surface area contributed by atoms with Gasteiger partial charge in [0.1, 0.15) is 5.82 Å². The molecule has 0 amide bonds. The summed E-state index contributed by atoms with van der Waals surface area (Å²) >= 11 is 2.88.